The molecular formula is C19H16F3N3O3. The van der Waals surface area contributed by atoms with Crippen LogP contribution in [0.1, 0.15) is 11.1 Å². The molecule has 28 heavy (non-hydrogen) atoms. The Kier molecular flexibility index (Phi) is 4.58. The number of hydrogen-bond donors (Lipinski definition) is 2. The van der Waals surface area contributed by atoms with Crippen LogP contribution in [-0.4, -0.2) is 36.0 Å². The highest BCUT2D eigenvalue weighted by Gasteiger charge is 2.29. The summed E-state index contributed by atoms with van der Waals surface area (Å²) in [6.07, 6.45) is 0.383. The molecule has 2 aromatic carbocycles. The summed E-state index contributed by atoms with van der Waals surface area (Å²) in [6, 6.07) is 5.41. The molecule has 2 aliphatic heterocycles. The van der Waals surface area contributed by atoms with Gasteiger partial charge in [-0.05, 0) is 42.3 Å². The van der Waals surface area contributed by atoms with Crippen LogP contribution in [0.25, 0.3) is 0 Å². The van der Waals surface area contributed by atoms with Crippen LogP contribution in [0.15, 0.2) is 30.3 Å². The summed E-state index contributed by atoms with van der Waals surface area (Å²) >= 11 is 0. The summed E-state index contributed by atoms with van der Waals surface area (Å²) in [5.41, 5.74) is 0.802. The van der Waals surface area contributed by atoms with Crippen LogP contribution in [0.5, 0.6) is 5.75 Å². The molecule has 0 saturated heterocycles. The summed E-state index contributed by atoms with van der Waals surface area (Å²) < 4.78 is 46.3. The molecule has 9 heteroatoms. The molecule has 0 radical (unpaired) electrons. The molecule has 0 aromatic heterocycles. The Hall–Kier alpha value is -3.23. The quantitative estimate of drug-likeness (QED) is 0.845. The highest BCUT2D eigenvalue weighted by Crippen LogP contribution is 2.28. The van der Waals surface area contributed by atoms with Gasteiger partial charge in [0.15, 0.2) is 11.6 Å². The van der Waals surface area contributed by atoms with E-state index >= 15 is 0 Å². The average Bonchev–Trinajstić information content (AvgIpc) is 2.66. The number of carbonyl (C=O) groups is 2. The first kappa shape index (κ1) is 18.1. The largest absolute Gasteiger partial charge is 0.491 e. The van der Waals surface area contributed by atoms with Crippen LogP contribution >= 0.6 is 0 Å². The number of halogens is 3. The average molecular weight is 391 g/mol. The van der Waals surface area contributed by atoms with E-state index < -0.39 is 35.4 Å². The number of carbonyl (C=O) groups excluding carboxylic acids is 2. The van der Waals surface area contributed by atoms with Gasteiger partial charge in [-0.25, -0.2) is 18.0 Å². The van der Waals surface area contributed by atoms with Gasteiger partial charge in [0.1, 0.15) is 24.7 Å². The maximum absolute atomic E-state index is 14.0. The monoisotopic (exact) mass is 391 g/mol. The van der Waals surface area contributed by atoms with Gasteiger partial charge < -0.3 is 20.3 Å². The molecule has 1 atom stereocenters. The van der Waals surface area contributed by atoms with Crippen molar-refractivity contribution in [2.75, 3.05) is 18.5 Å². The number of amides is 3. The molecule has 4 rings (SSSR count). The van der Waals surface area contributed by atoms with Crippen LogP contribution < -0.4 is 15.4 Å². The number of rotatable bonds is 3. The van der Waals surface area contributed by atoms with Crippen LogP contribution in [0.3, 0.4) is 0 Å². The van der Waals surface area contributed by atoms with Gasteiger partial charge >= 0.3 is 6.03 Å². The SMILES string of the molecule is O=C(CN1Cc2c(ccc(F)c2F)NC1=O)N[C@H]1COc2ccc(F)cc2C1. The molecule has 0 fully saturated rings. The molecule has 6 nitrogen and oxygen atoms in total. The van der Waals surface area contributed by atoms with E-state index in [1.807, 2.05) is 0 Å². The van der Waals surface area contributed by atoms with E-state index in [1.165, 1.54) is 24.3 Å². The number of fused-ring (bicyclic) bond motifs is 2. The smallest absolute Gasteiger partial charge is 0.322 e. The van der Waals surface area contributed by atoms with E-state index in [1.54, 1.807) is 0 Å². The maximum atomic E-state index is 14.0. The Labute approximate surface area is 158 Å². The third-order valence-corrected chi connectivity index (χ3v) is 4.70. The summed E-state index contributed by atoms with van der Waals surface area (Å²) in [4.78, 5) is 25.6. The maximum Gasteiger partial charge on any atom is 0.322 e. The number of benzene rings is 2. The van der Waals surface area contributed by atoms with E-state index in [9.17, 15) is 22.8 Å². The van der Waals surface area contributed by atoms with Gasteiger partial charge in [0.25, 0.3) is 0 Å². The highest BCUT2D eigenvalue weighted by molar-refractivity contribution is 5.94. The van der Waals surface area contributed by atoms with Crippen molar-refractivity contribution in [3.05, 3.63) is 58.9 Å². The van der Waals surface area contributed by atoms with Crippen LogP contribution in [-0.2, 0) is 17.8 Å². The van der Waals surface area contributed by atoms with Crippen LogP contribution in [0.4, 0.5) is 23.7 Å². The van der Waals surface area contributed by atoms with Gasteiger partial charge in [-0.1, -0.05) is 0 Å². The number of ether oxygens (including phenoxy) is 1. The Morgan fingerprint density at radius 3 is 2.89 bits per heavy atom. The van der Waals surface area contributed by atoms with E-state index in [-0.39, 0.29) is 30.9 Å². The number of nitrogens with zero attached hydrogens (tertiary/aromatic N) is 1. The molecule has 0 saturated carbocycles. The summed E-state index contributed by atoms with van der Waals surface area (Å²) in [5.74, 6) is -2.39. The van der Waals surface area contributed by atoms with Gasteiger partial charge in [-0.2, -0.15) is 0 Å². The first-order chi connectivity index (χ1) is 13.4. The van der Waals surface area contributed by atoms with E-state index in [4.69, 9.17) is 4.74 Å². The minimum atomic E-state index is -1.05. The van der Waals surface area contributed by atoms with Gasteiger partial charge in [0.2, 0.25) is 5.91 Å². The van der Waals surface area contributed by atoms with Gasteiger partial charge in [-0.15, -0.1) is 0 Å². The standard InChI is InChI=1S/C19H16F3N3O3/c20-11-1-4-16-10(5-11)6-12(9-28-16)23-17(26)8-25-7-13-15(24-19(25)27)3-2-14(21)18(13)22/h1-5,12H,6-9H2,(H,23,26)(H,24,27)/t12-/m1/s1. The first-order valence-corrected chi connectivity index (χ1v) is 8.64. The second kappa shape index (κ2) is 7.06. The summed E-state index contributed by atoms with van der Waals surface area (Å²) in [6.45, 7) is -0.361. The zero-order chi connectivity index (χ0) is 19.8. The molecule has 146 valence electrons. The summed E-state index contributed by atoms with van der Waals surface area (Å²) in [5, 5.41) is 5.16. The zero-order valence-electron chi connectivity index (χ0n) is 14.6. The molecule has 2 heterocycles. The molecule has 0 spiro atoms. The molecule has 3 amide bonds. The molecule has 2 aromatic rings. The van der Waals surface area contributed by atoms with Crippen molar-refractivity contribution in [1.82, 2.24) is 10.2 Å². The van der Waals surface area contributed by atoms with Gasteiger partial charge in [0, 0.05) is 5.56 Å². The molecule has 0 unspecified atom stereocenters. The number of urea groups is 1. The lowest BCUT2D eigenvalue weighted by Crippen LogP contribution is -2.49. The fourth-order valence-electron chi connectivity index (χ4n) is 3.35. The topological polar surface area (TPSA) is 70.7 Å². The summed E-state index contributed by atoms with van der Waals surface area (Å²) in [7, 11) is 0. The first-order valence-electron chi connectivity index (χ1n) is 8.64. The van der Waals surface area contributed by atoms with Crippen molar-refractivity contribution in [2.24, 2.45) is 0 Å². The lowest BCUT2D eigenvalue weighted by molar-refractivity contribution is -0.122. The van der Waals surface area contributed by atoms with Crippen molar-refractivity contribution in [3.63, 3.8) is 0 Å². The fourth-order valence-corrected chi connectivity index (χ4v) is 3.35. The van der Waals surface area contributed by atoms with Gasteiger partial charge in [0.05, 0.1) is 18.3 Å². The van der Waals surface area contributed by atoms with E-state index in [0.717, 1.165) is 11.0 Å². The molecule has 2 aliphatic rings. The Morgan fingerprint density at radius 1 is 1.25 bits per heavy atom. The minimum absolute atomic E-state index is 0.0159. The predicted octanol–water partition coefficient (Wildman–Crippen LogP) is 2.57. The lowest BCUT2D eigenvalue weighted by atomic mass is 10.0. The molecule has 0 bridgehead atoms. The highest BCUT2D eigenvalue weighted by atomic mass is 19.2. The van der Waals surface area contributed by atoms with Crippen molar-refractivity contribution in [3.8, 4) is 5.75 Å². The Morgan fingerprint density at radius 2 is 2.07 bits per heavy atom. The second-order valence-corrected chi connectivity index (χ2v) is 6.71. The van der Waals surface area contributed by atoms with Crippen molar-refractivity contribution in [2.45, 2.75) is 19.0 Å². The third-order valence-electron chi connectivity index (χ3n) is 4.70. The Bertz CT molecular complexity index is 967. The minimum Gasteiger partial charge on any atom is -0.491 e. The lowest BCUT2D eigenvalue weighted by Gasteiger charge is -2.30. The number of nitrogens with one attached hydrogen (secondary N) is 2. The van der Waals surface area contributed by atoms with Crippen molar-refractivity contribution >= 4 is 17.6 Å². The number of anilines is 1. The Balaban J connectivity index is 1.40. The third kappa shape index (κ3) is 3.47. The fraction of sp³-hybridized carbons (Fsp3) is 0.263. The normalized spacial score (nSPS) is 17.9. The van der Waals surface area contributed by atoms with Gasteiger partial charge in [-0.3, -0.25) is 4.79 Å². The van der Waals surface area contributed by atoms with Crippen LogP contribution in [0.2, 0.25) is 0 Å². The molecule has 2 N–H and O–H groups in total. The second-order valence-electron chi connectivity index (χ2n) is 6.71. The van der Waals surface area contributed by atoms with Crippen molar-refractivity contribution in [1.29, 1.82) is 0 Å². The molecule has 0 aliphatic carbocycles. The zero-order valence-corrected chi connectivity index (χ0v) is 14.6. The number of hydrogen-bond acceptors (Lipinski definition) is 3. The predicted molar refractivity (Wildman–Crippen MR) is 93.3 cm³/mol. The van der Waals surface area contributed by atoms with E-state index in [0.29, 0.717) is 17.7 Å². The van der Waals surface area contributed by atoms with Crippen LogP contribution in [0, 0.1) is 17.5 Å². The van der Waals surface area contributed by atoms with E-state index in [2.05, 4.69) is 10.6 Å². The molecular weight excluding hydrogens is 375 g/mol. The van der Waals surface area contributed by atoms with Crippen molar-refractivity contribution < 1.29 is 27.5 Å².